The molecule has 7 heteroatoms. The van der Waals surface area contributed by atoms with E-state index in [-0.39, 0.29) is 11.6 Å². The van der Waals surface area contributed by atoms with Gasteiger partial charge in [-0.15, -0.1) is 22.7 Å². The molecule has 0 aliphatic rings. The average molecular weight is 338 g/mol. The SMILES string of the molecule is CC(C)CNC(=O)[C@H](C)OC(=O)c1csc(-c2cccs2)n1. The predicted octanol–water partition coefficient (Wildman–Crippen LogP) is 3.19. The summed E-state index contributed by atoms with van der Waals surface area (Å²) in [6.07, 6.45) is -0.835. The lowest BCUT2D eigenvalue weighted by Crippen LogP contribution is -2.37. The maximum atomic E-state index is 12.0. The molecule has 2 heterocycles. The fraction of sp³-hybridized carbons (Fsp3) is 0.400. The molecule has 22 heavy (non-hydrogen) atoms. The zero-order chi connectivity index (χ0) is 16.1. The lowest BCUT2D eigenvalue weighted by Gasteiger charge is -2.13. The molecule has 1 atom stereocenters. The van der Waals surface area contributed by atoms with Crippen molar-refractivity contribution < 1.29 is 14.3 Å². The van der Waals surface area contributed by atoms with Crippen molar-refractivity contribution in [2.45, 2.75) is 26.9 Å². The van der Waals surface area contributed by atoms with Crippen molar-refractivity contribution in [2.75, 3.05) is 6.54 Å². The molecular formula is C15H18N2O3S2. The molecule has 0 bridgehead atoms. The third-order valence-corrected chi connectivity index (χ3v) is 4.66. The van der Waals surface area contributed by atoms with Gasteiger partial charge in [-0.1, -0.05) is 19.9 Å². The number of nitrogens with one attached hydrogen (secondary N) is 1. The van der Waals surface area contributed by atoms with Crippen molar-refractivity contribution in [1.29, 1.82) is 0 Å². The number of rotatable bonds is 6. The van der Waals surface area contributed by atoms with E-state index < -0.39 is 12.1 Å². The Bertz CT molecular complexity index is 635. The van der Waals surface area contributed by atoms with Crippen LogP contribution in [-0.4, -0.2) is 29.5 Å². The van der Waals surface area contributed by atoms with E-state index in [9.17, 15) is 9.59 Å². The average Bonchev–Trinajstić information content (AvgIpc) is 3.14. The first-order chi connectivity index (χ1) is 10.5. The highest BCUT2D eigenvalue weighted by Gasteiger charge is 2.21. The van der Waals surface area contributed by atoms with Gasteiger partial charge in [-0.2, -0.15) is 0 Å². The topological polar surface area (TPSA) is 68.3 Å². The van der Waals surface area contributed by atoms with Crippen LogP contribution in [0.5, 0.6) is 0 Å². The Balaban J connectivity index is 1.93. The van der Waals surface area contributed by atoms with E-state index in [1.165, 1.54) is 11.3 Å². The van der Waals surface area contributed by atoms with Gasteiger partial charge < -0.3 is 10.1 Å². The minimum atomic E-state index is -0.835. The van der Waals surface area contributed by atoms with Crippen LogP contribution in [0.3, 0.4) is 0 Å². The normalized spacial score (nSPS) is 12.2. The molecule has 1 amide bonds. The van der Waals surface area contributed by atoms with Crippen LogP contribution in [0, 0.1) is 5.92 Å². The van der Waals surface area contributed by atoms with E-state index in [1.807, 2.05) is 31.4 Å². The monoisotopic (exact) mass is 338 g/mol. The Morgan fingerprint density at radius 3 is 2.73 bits per heavy atom. The van der Waals surface area contributed by atoms with E-state index in [1.54, 1.807) is 23.6 Å². The third kappa shape index (κ3) is 4.38. The van der Waals surface area contributed by atoms with Gasteiger partial charge in [0, 0.05) is 11.9 Å². The van der Waals surface area contributed by atoms with Crippen LogP contribution in [0.1, 0.15) is 31.3 Å². The number of aromatic nitrogens is 1. The molecule has 0 fully saturated rings. The molecule has 0 unspecified atom stereocenters. The first-order valence-corrected chi connectivity index (χ1v) is 8.71. The highest BCUT2D eigenvalue weighted by Crippen LogP contribution is 2.28. The second-order valence-electron chi connectivity index (χ2n) is 5.20. The van der Waals surface area contributed by atoms with Gasteiger partial charge in [-0.05, 0) is 24.3 Å². The largest absolute Gasteiger partial charge is 0.448 e. The summed E-state index contributed by atoms with van der Waals surface area (Å²) in [5.74, 6) is -0.527. The Hall–Kier alpha value is -1.73. The zero-order valence-electron chi connectivity index (χ0n) is 12.7. The van der Waals surface area contributed by atoms with Gasteiger partial charge in [0.15, 0.2) is 11.8 Å². The molecule has 0 radical (unpaired) electrons. The van der Waals surface area contributed by atoms with Crippen LogP contribution >= 0.6 is 22.7 Å². The molecule has 0 saturated carbocycles. The first kappa shape index (κ1) is 16.6. The number of thiazole rings is 1. The van der Waals surface area contributed by atoms with Gasteiger partial charge in [0.25, 0.3) is 5.91 Å². The minimum Gasteiger partial charge on any atom is -0.448 e. The summed E-state index contributed by atoms with van der Waals surface area (Å²) in [5.41, 5.74) is 0.233. The molecule has 118 valence electrons. The van der Waals surface area contributed by atoms with E-state index in [4.69, 9.17) is 4.74 Å². The second-order valence-corrected chi connectivity index (χ2v) is 7.01. The van der Waals surface area contributed by atoms with Gasteiger partial charge in [-0.3, -0.25) is 4.79 Å². The summed E-state index contributed by atoms with van der Waals surface area (Å²) in [4.78, 5) is 29.1. The summed E-state index contributed by atoms with van der Waals surface area (Å²) < 4.78 is 5.16. The van der Waals surface area contributed by atoms with E-state index in [0.717, 1.165) is 9.88 Å². The van der Waals surface area contributed by atoms with Crippen molar-refractivity contribution in [2.24, 2.45) is 5.92 Å². The van der Waals surface area contributed by atoms with Crippen molar-refractivity contribution in [3.05, 3.63) is 28.6 Å². The highest BCUT2D eigenvalue weighted by atomic mass is 32.1. The van der Waals surface area contributed by atoms with Crippen LogP contribution < -0.4 is 5.32 Å². The second kappa shape index (κ2) is 7.51. The lowest BCUT2D eigenvalue weighted by molar-refractivity contribution is -0.129. The van der Waals surface area contributed by atoms with Gasteiger partial charge in [-0.25, -0.2) is 9.78 Å². The maximum Gasteiger partial charge on any atom is 0.358 e. The molecule has 2 rings (SSSR count). The van der Waals surface area contributed by atoms with Gasteiger partial charge >= 0.3 is 5.97 Å². The molecule has 5 nitrogen and oxygen atoms in total. The van der Waals surface area contributed by atoms with Crippen molar-refractivity contribution >= 4 is 34.6 Å². The Labute approximate surface area is 137 Å². The van der Waals surface area contributed by atoms with Gasteiger partial charge in [0.2, 0.25) is 0 Å². The fourth-order valence-corrected chi connectivity index (χ4v) is 3.21. The number of carbonyl (C=O) groups excluding carboxylic acids is 2. The number of thiophene rings is 1. The third-order valence-electron chi connectivity index (χ3n) is 2.78. The number of hydrogen-bond donors (Lipinski definition) is 1. The Kier molecular flexibility index (Phi) is 5.68. The summed E-state index contributed by atoms with van der Waals surface area (Å²) in [7, 11) is 0. The smallest absolute Gasteiger partial charge is 0.358 e. The summed E-state index contributed by atoms with van der Waals surface area (Å²) in [5, 5.41) is 7.11. The minimum absolute atomic E-state index is 0.233. The Morgan fingerprint density at radius 2 is 2.09 bits per heavy atom. The predicted molar refractivity (Wildman–Crippen MR) is 88.2 cm³/mol. The number of nitrogens with zero attached hydrogens (tertiary/aromatic N) is 1. The highest BCUT2D eigenvalue weighted by molar-refractivity contribution is 7.20. The molecular weight excluding hydrogens is 320 g/mol. The van der Waals surface area contributed by atoms with E-state index >= 15 is 0 Å². The van der Waals surface area contributed by atoms with Crippen LogP contribution in [0.15, 0.2) is 22.9 Å². The summed E-state index contributed by atoms with van der Waals surface area (Å²) >= 11 is 2.94. The molecule has 0 aliphatic carbocycles. The molecule has 2 aromatic rings. The van der Waals surface area contributed by atoms with Crippen molar-refractivity contribution in [1.82, 2.24) is 10.3 Å². The van der Waals surface area contributed by atoms with E-state index in [2.05, 4.69) is 10.3 Å². The molecule has 0 aliphatic heterocycles. The number of carbonyl (C=O) groups is 2. The Morgan fingerprint density at radius 1 is 1.32 bits per heavy atom. The summed E-state index contributed by atoms with van der Waals surface area (Å²) in [6.45, 7) is 6.11. The van der Waals surface area contributed by atoms with Gasteiger partial charge in [0.1, 0.15) is 5.01 Å². The van der Waals surface area contributed by atoms with Crippen molar-refractivity contribution in [3.8, 4) is 9.88 Å². The maximum absolute atomic E-state index is 12.0. The molecule has 0 aromatic carbocycles. The number of amides is 1. The van der Waals surface area contributed by atoms with E-state index in [0.29, 0.717) is 12.5 Å². The summed E-state index contributed by atoms with van der Waals surface area (Å²) in [6, 6.07) is 3.88. The number of ether oxygens (including phenoxy) is 1. The quantitative estimate of drug-likeness (QED) is 0.821. The number of hydrogen-bond acceptors (Lipinski definition) is 6. The van der Waals surface area contributed by atoms with Crippen LogP contribution in [-0.2, 0) is 9.53 Å². The fourth-order valence-electron chi connectivity index (χ4n) is 1.60. The van der Waals surface area contributed by atoms with Crippen LogP contribution in [0.2, 0.25) is 0 Å². The molecule has 2 aromatic heterocycles. The number of esters is 1. The molecule has 0 saturated heterocycles. The van der Waals surface area contributed by atoms with Gasteiger partial charge in [0.05, 0.1) is 4.88 Å². The van der Waals surface area contributed by atoms with Crippen LogP contribution in [0.25, 0.3) is 9.88 Å². The molecule has 1 N–H and O–H groups in total. The van der Waals surface area contributed by atoms with Crippen molar-refractivity contribution in [3.63, 3.8) is 0 Å². The first-order valence-electron chi connectivity index (χ1n) is 6.95. The molecule has 0 spiro atoms. The zero-order valence-corrected chi connectivity index (χ0v) is 14.3. The van der Waals surface area contributed by atoms with Crippen LogP contribution in [0.4, 0.5) is 0 Å². The lowest BCUT2D eigenvalue weighted by atomic mass is 10.2. The standard InChI is InChI=1S/C15H18N2O3S2/c1-9(2)7-16-13(18)10(3)20-15(19)11-8-22-14(17-11)12-5-4-6-21-12/h4-6,8-10H,7H2,1-3H3,(H,16,18)/t10-/m0/s1.